The van der Waals surface area contributed by atoms with Gasteiger partial charge in [-0.2, -0.15) is 0 Å². The van der Waals surface area contributed by atoms with Crippen molar-refractivity contribution in [1.82, 2.24) is 0 Å². The molecule has 0 saturated carbocycles. The Labute approximate surface area is 168 Å². The van der Waals surface area contributed by atoms with Crippen LogP contribution in [0.4, 0.5) is 0 Å². The highest BCUT2D eigenvalue weighted by molar-refractivity contribution is 5.44. The van der Waals surface area contributed by atoms with Crippen LogP contribution in [0.25, 0.3) is 0 Å². The second-order valence-corrected chi connectivity index (χ2v) is 8.92. The van der Waals surface area contributed by atoms with Crippen molar-refractivity contribution in [3.05, 3.63) is 59.7 Å². The lowest BCUT2D eigenvalue weighted by Crippen LogP contribution is -2.83. The fraction of sp³-hybridized carbons (Fsp3) is 0.500. The summed E-state index contributed by atoms with van der Waals surface area (Å²) in [6.07, 6.45) is 4.60. The average Bonchev–Trinajstić information content (AvgIpc) is 3.13. The lowest BCUT2D eigenvalue weighted by molar-refractivity contribution is -0.672. The van der Waals surface area contributed by atoms with Gasteiger partial charge in [0.1, 0.15) is 6.54 Å². The topological polar surface area (TPSA) is 44.3 Å². The normalized spacial score (nSPS) is 22.9. The van der Waals surface area contributed by atoms with Crippen LogP contribution in [0.2, 0.25) is 0 Å². The molecule has 2 aromatic rings. The number of fused-ring (bicyclic) bond motifs is 1. The number of hydrogen-bond acceptors (Lipinski definition) is 3. The van der Waals surface area contributed by atoms with Crippen LogP contribution in [0.5, 0.6) is 11.5 Å². The summed E-state index contributed by atoms with van der Waals surface area (Å²) in [6.45, 7) is 7.77. The smallest absolute Gasteiger partial charge is 0.231 e. The van der Waals surface area contributed by atoms with Gasteiger partial charge in [-0.25, -0.2) is 0 Å². The number of hydrogen-bond donors (Lipinski definition) is 1. The Bertz CT molecular complexity index is 790. The molecule has 2 aliphatic heterocycles. The van der Waals surface area contributed by atoms with Crippen LogP contribution in [-0.2, 0) is 17.7 Å². The Balaban J connectivity index is 1.37. The van der Waals surface area contributed by atoms with Gasteiger partial charge in [0.15, 0.2) is 11.5 Å². The molecule has 1 atom stereocenters. The Morgan fingerprint density at radius 2 is 1.79 bits per heavy atom. The van der Waals surface area contributed by atoms with Crippen molar-refractivity contribution in [2.24, 2.45) is 5.41 Å². The first kappa shape index (κ1) is 19.3. The molecular formula is C24H32NO3+. The lowest BCUT2D eigenvalue weighted by atomic mass is 9.68. The molecular weight excluding hydrogens is 350 g/mol. The zero-order valence-corrected chi connectivity index (χ0v) is 17.1. The first-order valence-corrected chi connectivity index (χ1v) is 10.4. The third-order valence-electron chi connectivity index (χ3n) is 6.04. The summed E-state index contributed by atoms with van der Waals surface area (Å²) in [7, 11) is 0. The van der Waals surface area contributed by atoms with E-state index in [1.165, 1.54) is 17.5 Å². The Hall–Kier alpha value is -2.04. The van der Waals surface area contributed by atoms with Gasteiger partial charge in [0.2, 0.25) is 6.79 Å². The monoisotopic (exact) mass is 382 g/mol. The van der Waals surface area contributed by atoms with Gasteiger partial charge in [0.05, 0.1) is 12.1 Å². The van der Waals surface area contributed by atoms with E-state index in [-0.39, 0.29) is 5.60 Å². The molecule has 0 amide bonds. The lowest BCUT2D eigenvalue weighted by Gasteiger charge is -2.45. The zero-order chi connectivity index (χ0) is 19.5. The maximum Gasteiger partial charge on any atom is 0.231 e. The molecule has 28 heavy (non-hydrogen) atoms. The van der Waals surface area contributed by atoms with Gasteiger partial charge in [-0.1, -0.05) is 30.3 Å². The number of quaternary nitrogens is 1. The van der Waals surface area contributed by atoms with Crippen molar-refractivity contribution in [1.29, 1.82) is 0 Å². The first-order valence-electron chi connectivity index (χ1n) is 10.4. The molecule has 2 aromatic carbocycles. The van der Waals surface area contributed by atoms with E-state index in [9.17, 15) is 0 Å². The van der Waals surface area contributed by atoms with Crippen LogP contribution >= 0.6 is 0 Å². The summed E-state index contributed by atoms with van der Waals surface area (Å²) < 4.78 is 16.9. The van der Waals surface area contributed by atoms with Gasteiger partial charge in [-0.15, -0.1) is 0 Å². The third-order valence-corrected chi connectivity index (χ3v) is 6.04. The molecule has 0 radical (unpaired) electrons. The molecule has 4 nitrogen and oxygen atoms in total. The predicted octanol–water partition coefficient (Wildman–Crippen LogP) is 3.69. The largest absolute Gasteiger partial charge is 0.454 e. The third kappa shape index (κ3) is 4.68. The van der Waals surface area contributed by atoms with E-state index in [0.717, 1.165) is 50.5 Å². The number of nitrogens with two attached hydrogens (primary N) is 1. The molecule has 150 valence electrons. The summed E-state index contributed by atoms with van der Waals surface area (Å²) in [5.41, 5.74) is 3.00. The first-order chi connectivity index (χ1) is 13.5. The molecule has 0 spiro atoms. The molecule has 0 aromatic heterocycles. The number of rotatable bonds is 7. The van der Waals surface area contributed by atoms with Crippen LogP contribution in [0.1, 0.15) is 44.2 Å². The molecule has 1 unspecified atom stereocenters. The molecule has 1 saturated heterocycles. The summed E-state index contributed by atoms with van der Waals surface area (Å²) in [5.74, 6) is 1.73. The average molecular weight is 383 g/mol. The second kappa shape index (κ2) is 8.14. The van der Waals surface area contributed by atoms with E-state index in [2.05, 4.69) is 61.6 Å². The fourth-order valence-electron chi connectivity index (χ4n) is 4.81. The molecule has 0 aliphatic carbocycles. The minimum atomic E-state index is -0.0373. The minimum absolute atomic E-state index is 0.0373. The minimum Gasteiger partial charge on any atom is -0.454 e. The van der Waals surface area contributed by atoms with Crippen LogP contribution in [0.15, 0.2) is 48.5 Å². The fourth-order valence-corrected chi connectivity index (χ4v) is 4.81. The molecule has 4 heteroatoms. The SMILES string of the molecule is CC1(C)CC(CC[NH2+]Cc2ccc3c(c2)OCO3)(Cc2ccccc2)CCO1. The molecule has 1 fully saturated rings. The molecule has 2 N–H and O–H groups in total. The van der Waals surface area contributed by atoms with Gasteiger partial charge in [0.25, 0.3) is 0 Å². The predicted molar refractivity (Wildman–Crippen MR) is 110 cm³/mol. The summed E-state index contributed by atoms with van der Waals surface area (Å²) in [4.78, 5) is 0. The van der Waals surface area contributed by atoms with Crippen LogP contribution in [0.3, 0.4) is 0 Å². The highest BCUT2D eigenvalue weighted by Gasteiger charge is 2.40. The Kier molecular flexibility index (Phi) is 5.61. The summed E-state index contributed by atoms with van der Waals surface area (Å²) >= 11 is 0. The van der Waals surface area contributed by atoms with Crippen molar-refractivity contribution in [3.63, 3.8) is 0 Å². The Morgan fingerprint density at radius 1 is 0.964 bits per heavy atom. The number of benzene rings is 2. The van der Waals surface area contributed by atoms with Gasteiger partial charge >= 0.3 is 0 Å². The highest BCUT2D eigenvalue weighted by Crippen LogP contribution is 2.43. The van der Waals surface area contributed by atoms with Gasteiger partial charge < -0.3 is 19.5 Å². The summed E-state index contributed by atoms with van der Waals surface area (Å²) in [6, 6.07) is 17.2. The van der Waals surface area contributed by atoms with Crippen molar-refractivity contribution in [3.8, 4) is 11.5 Å². The van der Waals surface area contributed by atoms with Gasteiger partial charge in [0, 0.05) is 18.6 Å². The molecule has 2 heterocycles. The van der Waals surface area contributed by atoms with Gasteiger partial charge in [-0.3, -0.25) is 0 Å². The van der Waals surface area contributed by atoms with Crippen LogP contribution in [0, 0.1) is 5.41 Å². The summed E-state index contributed by atoms with van der Waals surface area (Å²) in [5, 5.41) is 2.42. The zero-order valence-electron chi connectivity index (χ0n) is 17.1. The quantitative estimate of drug-likeness (QED) is 0.743. The second-order valence-electron chi connectivity index (χ2n) is 8.92. The van der Waals surface area contributed by atoms with E-state index >= 15 is 0 Å². The Morgan fingerprint density at radius 3 is 2.61 bits per heavy atom. The highest BCUT2D eigenvalue weighted by atomic mass is 16.7. The van der Waals surface area contributed by atoms with Crippen LogP contribution in [-0.4, -0.2) is 25.5 Å². The van der Waals surface area contributed by atoms with Crippen molar-refractivity contribution in [2.75, 3.05) is 19.9 Å². The van der Waals surface area contributed by atoms with Crippen LogP contribution < -0.4 is 14.8 Å². The number of ether oxygens (including phenoxy) is 3. The maximum atomic E-state index is 6.04. The van der Waals surface area contributed by atoms with Gasteiger partial charge in [-0.05, 0) is 62.3 Å². The van der Waals surface area contributed by atoms with E-state index in [1.807, 2.05) is 6.07 Å². The van der Waals surface area contributed by atoms with Crippen molar-refractivity contribution in [2.45, 2.75) is 51.7 Å². The molecule has 4 rings (SSSR count). The van der Waals surface area contributed by atoms with E-state index in [4.69, 9.17) is 14.2 Å². The molecule has 2 aliphatic rings. The maximum absolute atomic E-state index is 6.04. The van der Waals surface area contributed by atoms with E-state index in [0.29, 0.717) is 12.2 Å². The molecule has 0 bridgehead atoms. The van der Waals surface area contributed by atoms with Crippen molar-refractivity contribution < 1.29 is 19.5 Å². The van der Waals surface area contributed by atoms with E-state index < -0.39 is 0 Å². The standard InChI is InChI=1S/C24H31NO3/c1-23(2)17-24(11-13-28-23,15-19-6-4-3-5-7-19)10-12-25-16-20-8-9-21-22(14-20)27-18-26-21/h3-9,14,25H,10-13,15-18H2,1-2H3/p+1. The van der Waals surface area contributed by atoms with Crippen molar-refractivity contribution >= 4 is 0 Å². The van der Waals surface area contributed by atoms with E-state index in [1.54, 1.807) is 0 Å².